The second-order valence-electron chi connectivity index (χ2n) is 7.22. The molecule has 6 nitrogen and oxygen atoms in total. The lowest BCUT2D eigenvalue weighted by Crippen LogP contribution is -2.44. The third kappa shape index (κ3) is 5.10. The van der Waals surface area contributed by atoms with E-state index in [9.17, 15) is 22.9 Å². The minimum absolute atomic E-state index is 0.131. The third-order valence-corrected chi connectivity index (χ3v) is 7.13. The Balaban J connectivity index is 2.27. The van der Waals surface area contributed by atoms with Crippen LogP contribution in [0.4, 0.5) is 8.78 Å². The first-order valence-corrected chi connectivity index (χ1v) is 13.9. The minimum atomic E-state index is -4.29. The van der Waals surface area contributed by atoms with E-state index in [0.29, 0.717) is 0 Å². The number of carbonyl (C=O) groups is 2. The summed E-state index contributed by atoms with van der Waals surface area (Å²) in [5, 5.41) is 0. The fraction of sp³-hybridized carbons (Fsp3) is 0.529. The fourth-order valence-electron chi connectivity index (χ4n) is 2.93. The number of benzene rings is 1. The smallest absolute Gasteiger partial charge is 0.312 e. The van der Waals surface area contributed by atoms with Gasteiger partial charge in [0.25, 0.3) is 19.2 Å². The molecule has 1 heterocycles. The molecule has 27 heavy (non-hydrogen) atoms. The van der Waals surface area contributed by atoms with Crippen molar-refractivity contribution in [2.24, 2.45) is 0 Å². The van der Waals surface area contributed by atoms with Crippen molar-refractivity contribution in [1.29, 1.82) is 0 Å². The van der Waals surface area contributed by atoms with Crippen molar-refractivity contribution in [3.8, 4) is 0 Å². The van der Waals surface area contributed by atoms with E-state index in [1.165, 1.54) is 19.1 Å². The Labute approximate surface area is 158 Å². The monoisotopic (exact) mass is 419 g/mol. The van der Waals surface area contributed by atoms with Crippen LogP contribution >= 0.6 is 7.37 Å². The van der Waals surface area contributed by atoms with Crippen LogP contribution in [-0.2, 0) is 13.5 Å². The molecule has 2 rings (SSSR count). The molecule has 0 fully saturated rings. The minimum Gasteiger partial charge on any atom is -0.412 e. The normalized spacial score (nSPS) is 18.0. The molecule has 0 aliphatic carbocycles. The Morgan fingerprint density at radius 3 is 2.04 bits per heavy atom. The van der Waals surface area contributed by atoms with Crippen molar-refractivity contribution >= 4 is 27.5 Å². The Hall–Kier alpha value is -1.41. The van der Waals surface area contributed by atoms with Crippen LogP contribution < -0.4 is 0 Å². The van der Waals surface area contributed by atoms with E-state index in [-0.39, 0.29) is 24.3 Å². The van der Waals surface area contributed by atoms with Gasteiger partial charge in [-0.2, -0.15) is 8.78 Å². The molecule has 150 valence electrons. The molecule has 1 aliphatic rings. The molecular formula is C17H24F2NO5PSi. The van der Waals surface area contributed by atoms with Gasteiger partial charge in [0.1, 0.15) is 0 Å². The summed E-state index contributed by atoms with van der Waals surface area (Å²) >= 11 is 0. The number of fused-ring (bicyclic) bond motifs is 1. The zero-order valence-corrected chi connectivity index (χ0v) is 17.7. The van der Waals surface area contributed by atoms with Gasteiger partial charge in [-0.05, 0) is 38.7 Å². The van der Waals surface area contributed by atoms with E-state index in [1.54, 1.807) is 12.1 Å². The maximum atomic E-state index is 13.4. The molecule has 0 aromatic heterocycles. The summed E-state index contributed by atoms with van der Waals surface area (Å²) in [6.45, 7) is 6.63. The molecule has 0 bridgehead atoms. The standard InChI is InChI=1S/C17H24F2NO5PSi/c1-5-24-26(23,17(18)19)11-12(25-27(2,3)4)10-20-15(21)13-8-6-7-9-14(13)16(20)22/h6-9,12,17H,5,10-11H2,1-4H3. The first-order valence-electron chi connectivity index (χ1n) is 8.63. The van der Waals surface area contributed by atoms with Gasteiger partial charge in [0.05, 0.1) is 36.5 Å². The van der Waals surface area contributed by atoms with E-state index in [4.69, 9.17) is 8.95 Å². The number of hydrogen-bond donors (Lipinski definition) is 0. The maximum absolute atomic E-state index is 13.4. The summed E-state index contributed by atoms with van der Waals surface area (Å²) in [5.74, 6) is -1.02. The van der Waals surface area contributed by atoms with Crippen molar-refractivity contribution in [3.05, 3.63) is 35.4 Å². The summed E-state index contributed by atoms with van der Waals surface area (Å²) in [6, 6.07) is 6.36. The van der Waals surface area contributed by atoms with Crippen molar-refractivity contribution in [1.82, 2.24) is 4.90 Å². The number of imide groups is 1. The first kappa shape index (κ1) is 21.9. The molecule has 10 heteroatoms. The molecule has 1 aliphatic heterocycles. The number of hydrogen-bond acceptors (Lipinski definition) is 5. The van der Waals surface area contributed by atoms with Crippen LogP contribution in [-0.4, -0.2) is 56.6 Å². The summed E-state index contributed by atoms with van der Waals surface area (Å²) < 4.78 is 50.0. The Kier molecular flexibility index (Phi) is 6.73. The average molecular weight is 419 g/mol. The second-order valence-corrected chi connectivity index (χ2v) is 14.1. The summed E-state index contributed by atoms with van der Waals surface area (Å²) in [5.41, 5.74) is 0.521. The Morgan fingerprint density at radius 2 is 1.63 bits per heavy atom. The van der Waals surface area contributed by atoms with E-state index in [1.807, 2.05) is 19.6 Å². The lowest BCUT2D eigenvalue weighted by molar-refractivity contribution is 0.0575. The number of carbonyl (C=O) groups excluding carboxylic acids is 2. The number of alkyl halides is 2. The highest BCUT2D eigenvalue weighted by Gasteiger charge is 2.42. The number of amides is 2. The highest BCUT2D eigenvalue weighted by Crippen LogP contribution is 2.54. The van der Waals surface area contributed by atoms with Gasteiger partial charge in [-0.1, -0.05) is 12.1 Å². The molecule has 2 unspecified atom stereocenters. The van der Waals surface area contributed by atoms with Crippen LogP contribution in [0.5, 0.6) is 0 Å². The largest absolute Gasteiger partial charge is 0.412 e. The molecule has 1 aromatic rings. The van der Waals surface area contributed by atoms with Gasteiger partial charge >= 0.3 is 6.17 Å². The van der Waals surface area contributed by atoms with Crippen LogP contribution in [0.1, 0.15) is 27.6 Å². The molecule has 0 radical (unpaired) electrons. The maximum Gasteiger partial charge on any atom is 0.312 e. The molecule has 0 spiro atoms. The van der Waals surface area contributed by atoms with Crippen LogP contribution in [0.2, 0.25) is 19.6 Å². The zero-order chi connectivity index (χ0) is 20.4. The number of rotatable bonds is 9. The van der Waals surface area contributed by atoms with Crippen LogP contribution in [0.15, 0.2) is 24.3 Å². The highest BCUT2D eigenvalue weighted by molar-refractivity contribution is 7.59. The van der Waals surface area contributed by atoms with E-state index < -0.39 is 45.9 Å². The number of halogens is 2. The molecule has 2 atom stereocenters. The lowest BCUT2D eigenvalue weighted by Gasteiger charge is -2.31. The second kappa shape index (κ2) is 8.30. The Bertz CT molecular complexity index is 733. The third-order valence-electron chi connectivity index (χ3n) is 3.89. The van der Waals surface area contributed by atoms with Gasteiger partial charge in [0, 0.05) is 0 Å². The van der Waals surface area contributed by atoms with E-state index in [2.05, 4.69) is 0 Å². The number of nitrogens with zero attached hydrogens (tertiary/aromatic N) is 1. The van der Waals surface area contributed by atoms with Gasteiger partial charge in [0.2, 0.25) is 0 Å². The fourth-order valence-corrected chi connectivity index (χ4v) is 5.80. The predicted molar refractivity (Wildman–Crippen MR) is 100 cm³/mol. The summed E-state index contributed by atoms with van der Waals surface area (Å²) in [7, 11) is -6.53. The topological polar surface area (TPSA) is 72.9 Å². The molecular weight excluding hydrogens is 395 g/mol. The molecule has 2 amide bonds. The van der Waals surface area contributed by atoms with E-state index in [0.717, 1.165) is 4.90 Å². The molecule has 1 aromatic carbocycles. The van der Waals surface area contributed by atoms with Gasteiger partial charge in [-0.25, -0.2) is 0 Å². The van der Waals surface area contributed by atoms with Crippen molar-refractivity contribution in [3.63, 3.8) is 0 Å². The van der Waals surface area contributed by atoms with Crippen LogP contribution in [0.25, 0.3) is 0 Å². The molecule has 0 saturated carbocycles. The zero-order valence-electron chi connectivity index (χ0n) is 15.8. The lowest BCUT2D eigenvalue weighted by atomic mass is 10.1. The Morgan fingerprint density at radius 1 is 1.11 bits per heavy atom. The highest BCUT2D eigenvalue weighted by atomic mass is 31.2. The van der Waals surface area contributed by atoms with Crippen molar-refractivity contribution < 1.29 is 31.9 Å². The van der Waals surface area contributed by atoms with Gasteiger partial charge in [0.15, 0.2) is 8.32 Å². The van der Waals surface area contributed by atoms with Crippen molar-refractivity contribution in [2.75, 3.05) is 19.3 Å². The van der Waals surface area contributed by atoms with Crippen LogP contribution in [0, 0.1) is 0 Å². The predicted octanol–water partition coefficient (Wildman–Crippen LogP) is 4.04. The average Bonchev–Trinajstić information content (AvgIpc) is 2.79. The van der Waals surface area contributed by atoms with E-state index >= 15 is 0 Å². The van der Waals surface area contributed by atoms with Gasteiger partial charge < -0.3 is 8.95 Å². The quantitative estimate of drug-likeness (QED) is 0.343. The van der Waals surface area contributed by atoms with Gasteiger partial charge in [-0.3, -0.25) is 19.1 Å². The molecule has 0 saturated heterocycles. The van der Waals surface area contributed by atoms with Gasteiger partial charge in [-0.15, -0.1) is 0 Å². The SMILES string of the molecule is CCOP(=O)(CC(CN1C(=O)c2ccccc2C1=O)O[Si](C)(C)C)C(F)F. The summed E-state index contributed by atoms with van der Waals surface area (Å²) in [4.78, 5) is 26.1. The molecule has 0 N–H and O–H groups in total. The summed E-state index contributed by atoms with van der Waals surface area (Å²) in [6.07, 6.45) is -4.71. The van der Waals surface area contributed by atoms with Crippen molar-refractivity contribution in [2.45, 2.75) is 38.8 Å². The first-order chi connectivity index (χ1) is 12.5. The van der Waals surface area contributed by atoms with Crippen LogP contribution in [0.3, 0.4) is 0 Å².